The van der Waals surface area contributed by atoms with E-state index in [0.717, 1.165) is 12.5 Å². The van der Waals surface area contributed by atoms with Crippen molar-refractivity contribution in [1.82, 2.24) is 5.32 Å². The van der Waals surface area contributed by atoms with Crippen LogP contribution in [0.3, 0.4) is 0 Å². The molecular weight excluding hydrogens is 182 g/mol. The first-order valence-electron chi connectivity index (χ1n) is 6.45. The molecule has 0 rings (SSSR count). The molecule has 1 heteroatoms. The Morgan fingerprint density at radius 3 is 1.93 bits per heavy atom. The predicted octanol–water partition coefficient (Wildman–Crippen LogP) is 4.00. The molecule has 0 fully saturated rings. The van der Waals surface area contributed by atoms with E-state index in [2.05, 4.69) is 52.9 Å². The van der Waals surface area contributed by atoms with Crippen molar-refractivity contribution in [2.75, 3.05) is 6.54 Å². The highest BCUT2D eigenvalue weighted by molar-refractivity contribution is 5.09. The molecule has 0 unspecified atom stereocenters. The van der Waals surface area contributed by atoms with Crippen molar-refractivity contribution < 1.29 is 0 Å². The molecule has 0 aromatic rings. The number of allylic oxidation sites excluding steroid dienone is 1. The summed E-state index contributed by atoms with van der Waals surface area (Å²) in [6.45, 7) is 14.6. The Bertz CT molecular complexity index is 176. The summed E-state index contributed by atoms with van der Waals surface area (Å²) in [4.78, 5) is 0. The van der Waals surface area contributed by atoms with E-state index in [-0.39, 0.29) is 0 Å². The lowest BCUT2D eigenvalue weighted by Crippen LogP contribution is -2.26. The molecule has 1 N–H and O–H groups in total. The lowest BCUT2D eigenvalue weighted by atomic mass is 9.94. The lowest BCUT2D eigenvalue weighted by Gasteiger charge is -2.17. The van der Waals surface area contributed by atoms with Crippen LogP contribution in [0.1, 0.15) is 54.4 Å². The van der Waals surface area contributed by atoms with Gasteiger partial charge in [0.2, 0.25) is 0 Å². The van der Waals surface area contributed by atoms with Gasteiger partial charge in [-0.3, -0.25) is 0 Å². The van der Waals surface area contributed by atoms with Crippen LogP contribution in [0.4, 0.5) is 0 Å². The maximum absolute atomic E-state index is 3.51. The molecule has 0 radical (unpaired) electrons. The van der Waals surface area contributed by atoms with Crippen molar-refractivity contribution >= 4 is 0 Å². The SMILES string of the molecule is CCC(C=C(CNC(C)C)C(C)C)CC. The van der Waals surface area contributed by atoms with Crippen LogP contribution in [0.25, 0.3) is 0 Å². The highest BCUT2D eigenvalue weighted by atomic mass is 14.9. The van der Waals surface area contributed by atoms with E-state index < -0.39 is 0 Å². The number of hydrogen-bond donors (Lipinski definition) is 1. The zero-order valence-corrected chi connectivity index (χ0v) is 11.4. The van der Waals surface area contributed by atoms with Gasteiger partial charge in [0.25, 0.3) is 0 Å². The van der Waals surface area contributed by atoms with Gasteiger partial charge in [0, 0.05) is 12.6 Å². The summed E-state index contributed by atoms with van der Waals surface area (Å²) in [5.74, 6) is 1.42. The minimum Gasteiger partial charge on any atom is -0.311 e. The van der Waals surface area contributed by atoms with E-state index in [1.165, 1.54) is 12.8 Å². The summed E-state index contributed by atoms with van der Waals surface area (Å²) in [5, 5.41) is 3.51. The summed E-state index contributed by atoms with van der Waals surface area (Å²) in [6.07, 6.45) is 5.00. The first kappa shape index (κ1) is 14.7. The molecule has 0 aliphatic carbocycles. The third-order valence-corrected chi connectivity index (χ3v) is 2.95. The van der Waals surface area contributed by atoms with Crippen LogP contribution in [0, 0.1) is 11.8 Å². The highest BCUT2D eigenvalue weighted by Crippen LogP contribution is 2.17. The molecule has 0 saturated carbocycles. The van der Waals surface area contributed by atoms with Gasteiger partial charge in [-0.15, -0.1) is 0 Å². The molecular formula is C14H29N. The molecule has 0 spiro atoms. The minimum absolute atomic E-state index is 0.578. The van der Waals surface area contributed by atoms with Gasteiger partial charge < -0.3 is 5.32 Å². The Kier molecular flexibility index (Phi) is 7.76. The maximum Gasteiger partial charge on any atom is 0.0169 e. The molecule has 0 amide bonds. The van der Waals surface area contributed by atoms with Crippen molar-refractivity contribution in [3.05, 3.63) is 11.6 Å². The van der Waals surface area contributed by atoms with Crippen LogP contribution in [0.15, 0.2) is 11.6 Å². The zero-order chi connectivity index (χ0) is 11.8. The van der Waals surface area contributed by atoms with Crippen molar-refractivity contribution in [2.24, 2.45) is 11.8 Å². The van der Waals surface area contributed by atoms with E-state index in [4.69, 9.17) is 0 Å². The Morgan fingerprint density at radius 2 is 1.60 bits per heavy atom. The Hall–Kier alpha value is -0.300. The monoisotopic (exact) mass is 211 g/mol. The second-order valence-corrected chi connectivity index (χ2v) is 5.01. The fourth-order valence-electron chi connectivity index (χ4n) is 1.60. The van der Waals surface area contributed by atoms with Crippen molar-refractivity contribution in [3.63, 3.8) is 0 Å². The van der Waals surface area contributed by atoms with Crippen LogP contribution < -0.4 is 5.32 Å². The molecule has 0 aromatic carbocycles. The first-order chi connectivity index (χ1) is 7.01. The normalized spacial score (nSPS) is 13.3. The topological polar surface area (TPSA) is 12.0 Å². The molecule has 0 bridgehead atoms. The fraction of sp³-hybridized carbons (Fsp3) is 0.857. The van der Waals surface area contributed by atoms with Crippen LogP contribution >= 0.6 is 0 Å². The average Bonchev–Trinajstić information content (AvgIpc) is 2.17. The van der Waals surface area contributed by atoms with Gasteiger partial charge >= 0.3 is 0 Å². The molecule has 0 aliphatic heterocycles. The maximum atomic E-state index is 3.51. The third kappa shape index (κ3) is 6.72. The lowest BCUT2D eigenvalue weighted by molar-refractivity contribution is 0.560. The second kappa shape index (κ2) is 7.92. The zero-order valence-electron chi connectivity index (χ0n) is 11.4. The van der Waals surface area contributed by atoms with Gasteiger partial charge in [0.15, 0.2) is 0 Å². The standard InChI is InChI=1S/C14H29N/c1-7-13(8-2)9-14(11(3)4)10-15-12(5)6/h9,11-13,15H,7-8,10H2,1-6H3. The van der Waals surface area contributed by atoms with E-state index in [1.807, 2.05) is 0 Å². The van der Waals surface area contributed by atoms with Gasteiger partial charge in [0.1, 0.15) is 0 Å². The predicted molar refractivity (Wildman–Crippen MR) is 70.1 cm³/mol. The summed E-state index contributed by atoms with van der Waals surface area (Å²) >= 11 is 0. The van der Waals surface area contributed by atoms with Gasteiger partial charge in [0.05, 0.1) is 0 Å². The van der Waals surface area contributed by atoms with Crippen LogP contribution in [0.5, 0.6) is 0 Å². The molecule has 0 saturated heterocycles. The Morgan fingerprint density at radius 1 is 1.07 bits per heavy atom. The van der Waals surface area contributed by atoms with E-state index in [1.54, 1.807) is 5.57 Å². The van der Waals surface area contributed by atoms with Gasteiger partial charge in [-0.25, -0.2) is 0 Å². The van der Waals surface area contributed by atoms with Crippen molar-refractivity contribution in [2.45, 2.75) is 60.4 Å². The van der Waals surface area contributed by atoms with Gasteiger partial charge in [-0.05, 0) is 24.7 Å². The van der Waals surface area contributed by atoms with Crippen LogP contribution in [-0.4, -0.2) is 12.6 Å². The third-order valence-electron chi connectivity index (χ3n) is 2.95. The number of hydrogen-bond acceptors (Lipinski definition) is 1. The summed E-state index contributed by atoms with van der Waals surface area (Å²) in [5.41, 5.74) is 1.57. The number of rotatable bonds is 7. The first-order valence-corrected chi connectivity index (χ1v) is 6.45. The summed E-state index contributed by atoms with van der Waals surface area (Å²) in [7, 11) is 0. The molecule has 0 atom stereocenters. The second-order valence-electron chi connectivity index (χ2n) is 5.01. The van der Waals surface area contributed by atoms with E-state index in [9.17, 15) is 0 Å². The summed E-state index contributed by atoms with van der Waals surface area (Å²) in [6, 6.07) is 0.578. The smallest absolute Gasteiger partial charge is 0.0169 e. The quantitative estimate of drug-likeness (QED) is 0.628. The van der Waals surface area contributed by atoms with Crippen LogP contribution in [0.2, 0.25) is 0 Å². The van der Waals surface area contributed by atoms with E-state index >= 15 is 0 Å². The molecule has 0 aromatic heterocycles. The van der Waals surface area contributed by atoms with Crippen LogP contribution in [-0.2, 0) is 0 Å². The Labute approximate surface area is 96.3 Å². The Balaban J connectivity index is 4.36. The fourth-order valence-corrected chi connectivity index (χ4v) is 1.60. The van der Waals surface area contributed by atoms with E-state index in [0.29, 0.717) is 12.0 Å². The van der Waals surface area contributed by atoms with Gasteiger partial charge in [-0.1, -0.05) is 53.2 Å². The average molecular weight is 211 g/mol. The van der Waals surface area contributed by atoms with Crippen molar-refractivity contribution in [1.29, 1.82) is 0 Å². The molecule has 1 nitrogen and oxygen atoms in total. The highest BCUT2D eigenvalue weighted by Gasteiger charge is 2.07. The molecule has 0 aliphatic rings. The minimum atomic E-state index is 0.578. The van der Waals surface area contributed by atoms with Gasteiger partial charge in [-0.2, -0.15) is 0 Å². The molecule has 90 valence electrons. The molecule has 0 heterocycles. The van der Waals surface area contributed by atoms with Crippen molar-refractivity contribution in [3.8, 4) is 0 Å². The summed E-state index contributed by atoms with van der Waals surface area (Å²) < 4.78 is 0. The number of nitrogens with one attached hydrogen (secondary N) is 1. The molecule has 15 heavy (non-hydrogen) atoms. The largest absolute Gasteiger partial charge is 0.311 e.